The Kier molecular flexibility index (Phi) is 3.61. The van der Waals surface area contributed by atoms with Crippen LogP contribution in [0.15, 0.2) is 72.8 Å². The van der Waals surface area contributed by atoms with Gasteiger partial charge in [0.05, 0.1) is 11.6 Å². The van der Waals surface area contributed by atoms with Crippen molar-refractivity contribution in [2.75, 3.05) is 5.32 Å². The molecule has 0 unspecified atom stereocenters. The Hall–Kier alpha value is -3.31. The summed E-state index contributed by atoms with van der Waals surface area (Å²) in [6.45, 7) is 0. The lowest BCUT2D eigenvalue weighted by atomic mass is 10.0. The van der Waals surface area contributed by atoms with Gasteiger partial charge >= 0.3 is 0 Å². The Morgan fingerprint density at radius 2 is 1.46 bits per heavy atom. The number of benzene rings is 3. The van der Waals surface area contributed by atoms with Gasteiger partial charge in [0.2, 0.25) is 0 Å². The first-order chi connectivity index (χ1) is 11.8. The minimum Gasteiger partial charge on any atom is -0.356 e. The first kappa shape index (κ1) is 14.3. The number of fused-ring (bicyclic) bond motifs is 1. The molecule has 1 N–H and O–H groups in total. The number of nitriles is 1. The Bertz CT molecular complexity index is 943. The van der Waals surface area contributed by atoms with Crippen molar-refractivity contribution < 1.29 is 0 Å². The first-order valence-corrected chi connectivity index (χ1v) is 7.98. The van der Waals surface area contributed by atoms with Crippen LogP contribution >= 0.6 is 0 Å². The SMILES string of the molecule is N#Cc1ccc(Nc2ccc(C3=Cc4ccccc4C3)cc2)cc1. The standard InChI is InChI=1S/C22H16N2/c23-15-16-5-9-21(10-6-16)24-22-11-7-17(8-12-22)20-13-18-3-1-2-4-19(18)14-20/h1-13,24H,14H2. The highest BCUT2D eigenvalue weighted by Gasteiger charge is 2.13. The van der Waals surface area contributed by atoms with E-state index in [-0.39, 0.29) is 0 Å². The van der Waals surface area contributed by atoms with Gasteiger partial charge in [0, 0.05) is 11.4 Å². The zero-order chi connectivity index (χ0) is 16.4. The van der Waals surface area contributed by atoms with Gasteiger partial charge in [-0.05, 0) is 65.1 Å². The molecule has 3 aromatic carbocycles. The lowest BCUT2D eigenvalue weighted by Gasteiger charge is -2.08. The second-order valence-corrected chi connectivity index (χ2v) is 5.94. The maximum atomic E-state index is 8.84. The normalized spacial score (nSPS) is 12.2. The topological polar surface area (TPSA) is 35.8 Å². The number of nitrogens with zero attached hydrogens (tertiary/aromatic N) is 1. The second-order valence-electron chi connectivity index (χ2n) is 5.94. The van der Waals surface area contributed by atoms with Crippen molar-refractivity contribution in [1.29, 1.82) is 5.26 Å². The maximum Gasteiger partial charge on any atom is 0.0991 e. The summed E-state index contributed by atoms with van der Waals surface area (Å²) in [5, 5.41) is 12.2. The molecule has 0 saturated heterocycles. The van der Waals surface area contributed by atoms with Gasteiger partial charge in [-0.3, -0.25) is 0 Å². The van der Waals surface area contributed by atoms with Crippen molar-refractivity contribution in [1.82, 2.24) is 0 Å². The molecule has 0 fully saturated rings. The van der Waals surface area contributed by atoms with Crippen LogP contribution in [0.5, 0.6) is 0 Å². The van der Waals surface area contributed by atoms with E-state index >= 15 is 0 Å². The summed E-state index contributed by atoms with van der Waals surface area (Å²) in [6.07, 6.45) is 3.27. The summed E-state index contributed by atoms with van der Waals surface area (Å²) in [4.78, 5) is 0. The van der Waals surface area contributed by atoms with Gasteiger partial charge in [-0.1, -0.05) is 42.5 Å². The molecule has 24 heavy (non-hydrogen) atoms. The largest absolute Gasteiger partial charge is 0.356 e. The van der Waals surface area contributed by atoms with Crippen molar-refractivity contribution in [3.63, 3.8) is 0 Å². The molecule has 0 aromatic heterocycles. The summed E-state index contributed by atoms with van der Waals surface area (Å²) in [5.74, 6) is 0. The number of hydrogen-bond acceptors (Lipinski definition) is 2. The van der Waals surface area contributed by atoms with Gasteiger partial charge in [0.15, 0.2) is 0 Å². The molecule has 0 amide bonds. The first-order valence-electron chi connectivity index (χ1n) is 7.98. The summed E-state index contributed by atoms with van der Waals surface area (Å²) in [6, 6.07) is 26.7. The van der Waals surface area contributed by atoms with Crippen LogP contribution in [0.3, 0.4) is 0 Å². The van der Waals surface area contributed by atoms with Crippen molar-refractivity contribution in [2.45, 2.75) is 6.42 Å². The summed E-state index contributed by atoms with van der Waals surface area (Å²) < 4.78 is 0. The molecular formula is C22H16N2. The van der Waals surface area contributed by atoms with E-state index in [1.54, 1.807) is 0 Å². The Balaban J connectivity index is 1.50. The van der Waals surface area contributed by atoms with E-state index in [0.717, 1.165) is 17.8 Å². The molecule has 0 atom stereocenters. The number of anilines is 2. The Morgan fingerprint density at radius 1 is 0.792 bits per heavy atom. The third-order valence-electron chi connectivity index (χ3n) is 4.32. The van der Waals surface area contributed by atoms with Crippen LogP contribution in [-0.2, 0) is 6.42 Å². The van der Waals surface area contributed by atoms with Gasteiger partial charge in [-0.2, -0.15) is 5.26 Å². The highest BCUT2D eigenvalue weighted by Crippen LogP contribution is 2.32. The summed E-state index contributed by atoms with van der Waals surface area (Å²) in [7, 11) is 0. The van der Waals surface area contributed by atoms with E-state index in [4.69, 9.17) is 5.26 Å². The summed E-state index contributed by atoms with van der Waals surface area (Å²) >= 11 is 0. The van der Waals surface area contributed by atoms with Crippen LogP contribution in [0.25, 0.3) is 11.6 Å². The van der Waals surface area contributed by atoms with Crippen LogP contribution in [0.2, 0.25) is 0 Å². The molecular weight excluding hydrogens is 292 g/mol. The van der Waals surface area contributed by atoms with E-state index in [1.165, 1.54) is 22.3 Å². The third-order valence-corrected chi connectivity index (χ3v) is 4.32. The van der Waals surface area contributed by atoms with Gasteiger partial charge < -0.3 is 5.32 Å². The van der Waals surface area contributed by atoms with E-state index in [2.05, 4.69) is 66.0 Å². The van der Waals surface area contributed by atoms with Gasteiger partial charge in [0.25, 0.3) is 0 Å². The van der Waals surface area contributed by atoms with Crippen molar-refractivity contribution in [2.24, 2.45) is 0 Å². The zero-order valence-electron chi connectivity index (χ0n) is 13.2. The molecule has 114 valence electrons. The highest BCUT2D eigenvalue weighted by molar-refractivity contribution is 5.88. The molecule has 0 saturated carbocycles. The smallest absolute Gasteiger partial charge is 0.0991 e. The number of allylic oxidation sites excluding steroid dienone is 1. The molecule has 3 aromatic rings. The Labute approximate surface area is 141 Å². The van der Waals surface area contributed by atoms with E-state index in [9.17, 15) is 0 Å². The summed E-state index contributed by atoms with van der Waals surface area (Å²) in [5.41, 5.74) is 8.04. The van der Waals surface area contributed by atoms with Crippen LogP contribution in [0.4, 0.5) is 11.4 Å². The predicted octanol–water partition coefficient (Wildman–Crippen LogP) is 5.40. The maximum absolute atomic E-state index is 8.84. The quantitative estimate of drug-likeness (QED) is 0.703. The highest BCUT2D eigenvalue weighted by atomic mass is 14.9. The molecule has 2 heteroatoms. The Morgan fingerprint density at radius 3 is 2.12 bits per heavy atom. The molecule has 1 aliphatic carbocycles. The lowest BCUT2D eigenvalue weighted by Crippen LogP contribution is -1.91. The lowest BCUT2D eigenvalue weighted by molar-refractivity contribution is 1.32. The van der Waals surface area contributed by atoms with Crippen molar-refractivity contribution >= 4 is 23.0 Å². The average molecular weight is 308 g/mol. The van der Waals surface area contributed by atoms with Crippen molar-refractivity contribution in [3.8, 4) is 6.07 Å². The van der Waals surface area contributed by atoms with Gasteiger partial charge in [-0.15, -0.1) is 0 Å². The van der Waals surface area contributed by atoms with Gasteiger partial charge in [0.1, 0.15) is 0 Å². The van der Waals surface area contributed by atoms with E-state index < -0.39 is 0 Å². The molecule has 0 spiro atoms. The number of rotatable bonds is 3. The minimum atomic E-state index is 0.670. The van der Waals surface area contributed by atoms with Crippen LogP contribution in [0, 0.1) is 11.3 Å². The van der Waals surface area contributed by atoms with E-state index in [0.29, 0.717) is 5.56 Å². The number of nitrogens with one attached hydrogen (secondary N) is 1. The minimum absolute atomic E-state index is 0.670. The van der Waals surface area contributed by atoms with Crippen LogP contribution < -0.4 is 5.32 Å². The van der Waals surface area contributed by atoms with Crippen molar-refractivity contribution in [3.05, 3.63) is 95.1 Å². The van der Waals surface area contributed by atoms with Crippen LogP contribution in [0.1, 0.15) is 22.3 Å². The average Bonchev–Trinajstić information content (AvgIpc) is 3.07. The second kappa shape index (κ2) is 6.06. The van der Waals surface area contributed by atoms with Crippen LogP contribution in [-0.4, -0.2) is 0 Å². The fourth-order valence-electron chi connectivity index (χ4n) is 3.03. The zero-order valence-corrected chi connectivity index (χ0v) is 13.2. The molecule has 4 rings (SSSR count). The van der Waals surface area contributed by atoms with E-state index in [1.807, 2.05) is 24.3 Å². The molecule has 0 radical (unpaired) electrons. The molecule has 0 aliphatic heterocycles. The molecule has 0 heterocycles. The molecule has 1 aliphatic rings. The predicted molar refractivity (Wildman–Crippen MR) is 98.9 cm³/mol. The fourth-order valence-corrected chi connectivity index (χ4v) is 3.03. The van der Waals surface area contributed by atoms with Gasteiger partial charge in [-0.25, -0.2) is 0 Å². The number of hydrogen-bond donors (Lipinski definition) is 1. The fraction of sp³-hybridized carbons (Fsp3) is 0.0455. The molecule has 2 nitrogen and oxygen atoms in total. The monoisotopic (exact) mass is 308 g/mol. The third kappa shape index (κ3) is 2.80. The molecule has 0 bridgehead atoms.